The number of rotatable bonds is 4. The van der Waals surface area contributed by atoms with Gasteiger partial charge in [0, 0.05) is 32.7 Å². The summed E-state index contributed by atoms with van der Waals surface area (Å²) in [6.45, 7) is 1.44. The molecule has 2 aliphatic rings. The van der Waals surface area contributed by atoms with Crippen LogP contribution in [-0.4, -0.2) is 48.2 Å². The number of carboxylic acids is 1. The summed E-state index contributed by atoms with van der Waals surface area (Å²) < 4.78 is 5.24. The van der Waals surface area contributed by atoms with Gasteiger partial charge in [-0.15, -0.1) is 0 Å². The molecule has 2 rings (SSSR count). The van der Waals surface area contributed by atoms with Crippen molar-refractivity contribution in [2.24, 2.45) is 11.8 Å². The molecule has 1 aliphatic heterocycles. The van der Waals surface area contributed by atoms with Gasteiger partial charge in [0.2, 0.25) is 5.91 Å². The van der Waals surface area contributed by atoms with Crippen LogP contribution in [0.1, 0.15) is 25.7 Å². The van der Waals surface area contributed by atoms with E-state index in [0.717, 1.165) is 13.0 Å². The van der Waals surface area contributed by atoms with Gasteiger partial charge in [0.15, 0.2) is 0 Å². The minimum absolute atomic E-state index is 0.117. The lowest BCUT2D eigenvalue weighted by atomic mass is 9.79. The summed E-state index contributed by atoms with van der Waals surface area (Å²) in [5.74, 6) is -0.536. The fourth-order valence-corrected chi connectivity index (χ4v) is 2.44. The number of amides is 1. The summed E-state index contributed by atoms with van der Waals surface area (Å²) in [6.07, 6.45) is 2.68. The lowest BCUT2D eigenvalue weighted by molar-refractivity contribution is -0.150. The SMILES string of the molecule is CN(C(=O)CC1CCOC1)C1CC(C(=O)O)C1. The molecular weight excluding hydrogens is 222 g/mol. The highest BCUT2D eigenvalue weighted by molar-refractivity contribution is 5.77. The molecule has 1 unspecified atom stereocenters. The van der Waals surface area contributed by atoms with E-state index in [4.69, 9.17) is 9.84 Å². The van der Waals surface area contributed by atoms with Crippen LogP contribution >= 0.6 is 0 Å². The molecule has 0 aromatic rings. The van der Waals surface area contributed by atoms with Gasteiger partial charge >= 0.3 is 5.97 Å². The zero-order valence-corrected chi connectivity index (χ0v) is 10.1. The van der Waals surface area contributed by atoms with Gasteiger partial charge < -0.3 is 14.7 Å². The largest absolute Gasteiger partial charge is 0.481 e. The Morgan fingerprint density at radius 1 is 1.41 bits per heavy atom. The van der Waals surface area contributed by atoms with Crippen LogP contribution in [0.25, 0.3) is 0 Å². The maximum atomic E-state index is 11.9. The number of carboxylic acid groups (broad SMARTS) is 1. The summed E-state index contributed by atoms with van der Waals surface area (Å²) in [6, 6.07) is 0.117. The normalized spacial score (nSPS) is 31.9. The van der Waals surface area contributed by atoms with Crippen molar-refractivity contribution in [1.82, 2.24) is 4.90 Å². The standard InChI is InChI=1S/C12H19NO4/c1-13(10-5-9(6-10)12(15)16)11(14)4-8-2-3-17-7-8/h8-10H,2-7H2,1H3,(H,15,16). The van der Waals surface area contributed by atoms with E-state index in [1.54, 1.807) is 11.9 Å². The van der Waals surface area contributed by atoms with Crippen LogP contribution in [0, 0.1) is 11.8 Å². The van der Waals surface area contributed by atoms with Gasteiger partial charge in [-0.25, -0.2) is 0 Å². The van der Waals surface area contributed by atoms with E-state index in [0.29, 0.717) is 31.8 Å². The van der Waals surface area contributed by atoms with Crippen LogP contribution in [0.15, 0.2) is 0 Å². The molecule has 1 aliphatic carbocycles. The van der Waals surface area contributed by atoms with Crippen molar-refractivity contribution in [3.8, 4) is 0 Å². The predicted octanol–water partition coefficient (Wildman–Crippen LogP) is 0.735. The molecule has 5 nitrogen and oxygen atoms in total. The van der Waals surface area contributed by atoms with Gasteiger partial charge in [-0.2, -0.15) is 0 Å². The van der Waals surface area contributed by atoms with E-state index in [-0.39, 0.29) is 17.9 Å². The van der Waals surface area contributed by atoms with E-state index >= 15 is 0 Å². The summed E-state index contributed by atoms with van der Waals surface area (Å²) >= 11 is 0. The first kappa shape index (κ1) is 12.4. The van der Waals surface area contributed by atoms with Crippen LogP contribution in [-0.2, 0) is 14.3 Å². The highest BCUT2D eigenvalue weighted by Gasteiger charge is 2.38. The van der Waals surface area contributed by atoms with E-state index in [1.165, 1.54) is 0 Å². The molecule has 1 saturated carbocycles. The Morgan fingerprint density at radius 2 is 2.12 bits per heavy atom. The molecule has 17 heavy (non-hydrogen) atoms. The van der Waals surface area contributed by atoms with Crippen molar-refractivity contribution < 1.29 is 19.4 Å². The molecule has 1 amide bonds. The fourth-order valence-electron chi connectivity index (χ4n) is 2.44. The molecule has 1 saturated heterocycles. The Labute approximate surface area is 101 Å². The Kier molecular flexibility index (Phi) is 3.66. The average molecular weight is 241 g/mol. The van der Waals surface area contributed by atoms with Crippen LogP contribution in [0.2, 0.25) is 0 Å². The number of aliphatic carboxylic acids is 1. The molecule has 1 atom stereocenters. The molecule has 0 radical (unpaired) electrons. The fraction of sp³-hybridized carbons (Fsp3) is 0.833. The number of hydrogen-bond donors (Lipinski definition) is 1. The number of ether oxygens (including phenoxy) is 1. The zero-order valence-electron chi connectivity index (χ0n) is 10.1. The van der Waals surface area contributed by atoms with Gasteiger partial charge in [0.1, 0.15) is 0 Å². The smallest absolute Gasteiger partial charge is 0.306 e. The highest BCUT2D eigenvalue weighted by atomic mass is 16.5. The van der Waals surface area contributed by atoms with Crippen LogP contribution in [0.3, 0.4) is 0 Å². The van der Waals surface area contributed by atoms with E-state index in [2.05, 4.69) is 0 Å². The Morgan fingerprint density at radius 3 is 2.65 bits per heavy atom. The zero-order chi connectivity index (χ0) is 12.4. The minimum Gasteiger partial charge on any atom is -0.481 e. The van der Waals surface area contributed by atoms with Crippen molar-refractivity contribution in [3.05, 3.63) is 0 Å². The van der Waals surface area contributed by atoms with Gasteiger partial charge in [0.25, 0.3) is 0 Å². The second kappa shape index (κ2) is 5.04. The Balaban J connectivity index is 1.74. The summed E-state index contributed by atoms with van der Waals surface area (Å²) in [4.78, 5) is 24.3. The second-order valence-corrected chi connectivity index (χ2v) is 5.10. The van der Waals surface area contributed by atoms with E-state index in [1.807, 2.05) is 0 Å². The topological polar surface area (TPSA) is 66.8 Å². The molecular formula is C12H19NO4. The van der Waals surface area contributed by atoms with Gasteiger partial charge in [-0.05, 0) is 25.2 Å². The number of carbonyl (C=O) groups is 2. The Hall–Kier alpha value is -1.10. The van der Waals surface area contributed by atoms with Crippen molar-refractivity contribution >= 4 is 11.9 Å². The highest BCUT2D eigenvalue weighted by Crippen LogP contribution is 2.32. The molecule has 1 heterocycles. The summed E-state index contributed by atoms with van der Waals surface area (Å²) in [5.41, 5.74) is 0. The maximum absolute atomic E-state index is 11.9. The lowest BCUT2D eigenvalue weighted by Gasteiger charge is -2.39. The van der Waals surface area contributed by atoms with Crippen molar-refractivity contribution in [1.29, 1.82) is 0 Å². The van der Waals surface area contributed by atoms with Crippen LogP contribution in [0.5, 0.6) is 0 Å². The first-order valence-corrected chi connectivity index (χ1v) is 6.14. The van der Waals surface area contributed by atoms with Crippen molar-refractivity contribution in [3.63, 3.8) is 0 Å². The first-order valence-electron chi connectivity index (χ1n) is 6.14. The number of hydrogen-bond acceptors (Lipinski definition) is 3. The Bertz CT molecular complexity index is 306. The second-order valence-electron chi connectivity index (χ2n) is 5.10. The third kappa shape index (κ3) is 2.77. The predicted molar refractivity (Wildman–Crippen MR) is 60.5 cm³/mol. The summed E-state index contributed by atoms with van der Waals surface area (Å²) in [5, 5.41) is 8.78. The quantitative estimate of drug-likeness (QED) is 0.788. The molecule has 2 fully saturated rings. The van der Waals surface area contributed by atoms with Crippen molar-refractivity contribution in [2.75, 3.05) is 20.3 Å². The van der Waals surface area contributed by atoms with Gasteiger partial charge in [-0.3, -0.25) is 9.59 Å². The monoisotopic (exact) mass is 241 g/mol. The van der Waals surface area contributed by atoms with Crippen LogP contribution in [0.4, 0.5) is 0 Å². The molecule has 96 valence electrons. The number of carbonyl (C=O) groups excluding carboxylic acids is 1. The molecule has 0 aromatic heterocycles. The molecule has 0 aromatic carbocycles. The molecule has 1 N–H and O–H groups in total. The van der Waals surface area contributed by atoms with Gasteiger partial charge in [-0.1, -0.05) is 0 Å². The molecule has 5 heteroatoms. The van der Waals surface area contributed by atoms with E-state index < -0.39 is 5.97 Å². The first-order chi connectivity index (χ1) is 8.08. The molecule has 0 bridgehead atoms. The maximum Gasteiger partial charge on any atom is 0.306 e. The lowest BCUT2D eigenvalue weighted by Crippen LogP contribution is -2.48. The average Bonchev–Trinajstić information content (AvgIpc) is 2.67. The molecule has 0 spiro atoms. The van der Waals surface area contributed by atoms with Gasteiger partial charge in [0.05, 0.1) is 5.92 Å². The summed E-state index contributed by atoms with van der Waals surface area (Å²) in [7, 11) is 1.78. The van der Waals surface area contributed by atoms with E-state index in [9.17, 15) is 9.59 Å². The number of nitrogens with zero attached hydrogens (tertiary/aromatic N) is 1. The minimum atomic E-state index is -0.744. The third-order valence-electron chi connectivity index (χ3n) is 3.89. The third-order valence-corrected chi connectivity index (χ3v) is 3.89. The van der Waals surface area contributed by atoms with Crippen molar-refractivity contribution in [2.45, 2.75) is 31.7 Å². The van der Waals surface area contributed by atoms with Crippen LogP contribution < -0.4 is 0 Å².